The number of thiazole rings is 1. The standard InChI is InChI=1S/C20H20N2O2S/c1-3-24-18-10-8-17(9-11-18)20(23)21-12-15-4-6-16(7-5-15)19-13-25-14(2)22-19/h4-11,13H,3,12H2,1-2H3,(H,21,23). The van der Waals surface area contributed by atoms with Gasteiger partial charge in [-0.3, -0.25) is 4.79 Å². The molecule has 0 aliphatic rings. The number of hydrogen-bond acceptors (Lipinski definition) is 4. The molecule has 2 aromatic carbocycles. The Hall–Kier alpha value is -2.66. The second-order valence-corrected chi connectivity index (χ2v) is 6.65. The Morgan fingerprint density at radius 3 is 2.44 bits per heavy atom. The summed E-state index contributed by atoms with van der Waals surface area (Å²) in [5.74, 6) is 0.675. The van der Waals surface area contributed by atoms with Gasteiger partial charge in [-0.1, -0.05) is 24.3 Å². The van der Waals surface area contributed by atoms with Crippen LogP contribution in [-0.4, -0.2) is 17.5 Å². The van der Waals surface area contributed by atoms with Gasteiger partial charge in [0.25, 0.3) is 5.91 Å². The van der Waals surface area contributed by atoms with Gasteiger partial charge in [-0.15, -0.1) is 11.3 Å². The number of carbonyl (C=O) groups excluding carboxylic acids is 1. The maximum absolute atomic E-state index is 12.2. The Morgan fingerprint density at radius 1 is 1.12 bits per heavy atom. The lowest BCUT2D eigenvalue weighted by Gasteiger charge is -2.07. The summed E-state index contributed by atoms with van der Waals surface area (Å²) >= 11 is 1.64. The van der Waals surface area contributed by atoms with E-state index in [4.69, 9.17) is 4.74 Å². The van der Waals surface area contributed by atoms with E-state index in [1.54, 1.807) is 23.5 Å². The zero-order valence-corrected chi connectivity index (χ0v) is 15.1. The van der Waals surface area contributed by atoms with Crippen molar-refractivity contribution >= 4 is 17.2 Å². The summed E-state index contributed by atoms with van der Waals surface area (Å²) in [5.41, 5.74) is 3.76. The van der Waals surface area contributed by atoms with Gasteiger partial charge in [-0.2, -0.15) is 0 Å². The molecule has 1 heterocycles. The molecule has 3 rings (SSSR count). The van der Waals surface area contributed by atoms with Gasteiger partial charge in [-0.05, 0) is 43.7 Å². The molecule has 1 N–H and O–H groups in total. The molecule has 0 aliphatic heterocycles. The number of benzene rings is 2. The average Bonchev–Trinajstić information content (AvgIpc) is 3.07. The van der Waals surface area contributed by atoms with E-state index in [-0.39, 0.29) is 5.91 Å². The summed E-state index contributed by atoms with van der Waals surface area (Å²) in [4.78, 5) is 16.7. The van der Waals surface area contributed by atoms with Gasteiger partial charge in [0.05, 0.1) is 17.3 Å². The molecule has 4 nitrogen and oxygen atoms in total. The topological polar surface area (TPSA) is 51.2 Å². The Morgan fingerprint density at radius 2 is 1.84 bits per heavy atom. The predicted octanol–water partition coefficient (Wildman–Crippen LogP) is 4.45. The van der Waals surface area contributed by atoms with E-state index >= 15 is 0 Å². The maximum atomic E-state index is 12.2. The van der Waals surface area contributed by atoms with E-state index in [1.165, 1.54) is 0 Å². The molecule has 0 spiro atoms. The summed E-state index contributed by atoms with van der Waals surface area (Å²) in [6.45, 7) is 5.03. The molecular formula is C20H20N2O2S. The number of aryl methyl sites for hydroxylation is 1. The SMILES string of the molecule is CCOc1ccc(C(=O)NCc2ccc(-c3csc(C)n3)cc2)cc1. The first-order chi connectivity index (χ1) is 12.2. The van der Waals surface area contributed by atoms with Gasteiger partial charge in [0.15, 0.2) is 0 Å². The highest BCUT2D eigenvalue weighted by Gasteiger charge is 2.06. The first kappa shape index (κ1) is 17.2. The quantitative estimate of drug-likeness (QED) is 0.713. The molecule has 0 aliphatic carbocycles. The van der Waals surface area contributed by atoms with E-state index in [0.29, 0.717) is 18.7 Å². The van der Waals surface area contributed by atoms with Crippen LogP contribution in [0.25, 0.3) is 11.3 Å². The van der Waals surface area contributed by atoms with Crippen LogP contribution >= 0.6 is 11.3 Å². The number of nitrogens with one attached hydrogen (secondary N) is 1. The van der Waals surface area contributed by atoms with Crippen LogP contribution in [0.2, 0.25) is 0 Å². The minimum absolute atomic E-state index is 0.0951. The van der Waals surface area contributed by atoms with Crippen LogP contribution in [-0.2, 0) is 6.54 Å². The fourth-order valence-corrected chi connectivity index (χ4v) is 3.07. The second kappa shape index (κ2) is 7.94. The van der Waals surface area contributed by atoms with E-state index in [0.717, 1.165) is 27.6 Å². The molecule has 0 unspecified atom stereocenters. The van der Waals surface area contributed by atoms with Crippen molar-refractivity contribution in [3.63, 3.8) is 0 Å². The zero-order valence-electron chi connectivity index (χ0n) is 14.3. The van der Waals surface area contributed by atoms with Crippen LogP contribution in [0.3, 0.4) is 0 Å². The third kappa shape index (κ3) is 4.45. The highest BCUT2D eigenvalue weighted by molar-refractivity contribution is 7.09. The van der Waals surface area contributed by atoms with Gasteiger partial charge in [0, 0.05) is 23.1 Å². The van der Waals surface area contributed by atoms with Crippen molar-refractivity contribution in [2.24, 2.45) is 0 Å². The van der Waals surface area contributed by atoms with Gasteiger partial charge in [0.1, 0.15) is 5.75 Å². The van der Waals surface area contributed by atoms with Crippen molar-refractivity contribution in [3.8, 4) is 17.0 Å². The Kier molecular flexibility index (Phi) is 5.46. The summed E-state index contributed by atoms with van der Waals surface area (Å²) < 4.78 is 5.38. The number of aromatic nitrogens is 1. The molecule has 0 fully saturated rings. The van der Waals surface area contributed by atoms with Gasteiger partial charge < -0.3 is 10.1 Å². The summed E-state index contributed by atoms with van der Waals surface area (Å²) in [5, 5.41) is 6.05. The van der Waals surface area contributed by atoms with Crippen molar-refractivity contribution in [2.45, 2.75) is 20.4 Å². The highest BCUT2D eigenvalue weighted by atomic mass is 32.1. The van der Waals surface area contributed by atoms with E-state index < -0.39 is 0 Å². The van der Waals surface area contributed by atoms with Crippen LogP contribution in [0.15, 0.2) is 53.9 Å². The number of rotatable bonds is 6. The third-order valence-electron chi connectivity index (χ3n) is 3.75. The molecule has 3 aromatic rings. The van der Waals surface area contributed by atoms with Gasteiger partial charge in [-0.25, -0.2) is 4.98 Å². The predicted molar refractivity (Wildman–Crippen MR) is 101 cm³/mol. The minimum atomic E-state index is -0.0951. The number of carbonyl (C=O) groups is 1. The molecule has 25 heavy (non-hydrogen) atoms. The molecule has 0 saturated carbocycles. The summed E-state index contributed by atoms with van der Waals surface area (Å²) in [7, 11) is 0. The normalized spacial score (nSPS) is 10.5. The first-order valence-corrected chi connectivity index (χ1v) is 9.06. The summed E-state index contributed by atoms with van der Waals surface area (Å²) in [6.07, 6.45) is 0. The molecular weight excluding hydrogens is 332 g/mol. The van der Waals surface area contributed by atoms with E-state index in [2.05, 4.69) is 15.7 Å². The van der Waals surface area contributed by atoms with E-state index in [9.17, 15) is 4.79 Å². The van der Waals surface area contributed by atoms with Gasteiger partial charge in [0.2, 0.25) is 0 Å². The van der Waals surface area contributed by atoms with Crippen LogP contribution in [0.1, 0.15) is 27.9 Å². The molecule has 1 amide bonds. The molecule has 1 aromatic heterocycles. The van der Waals surface area contributed by atoms with Crippen LogP contribution in [0.5, 0.6) is 5.75 Å². The average molecular weight is 352 g/mol. The maximum Gasteiger partial charge on any atom is 0.251 e. The van der Waals surface area contributed by atoms with Gasteiger partial charge >= 0.3 is 0 Å². The third-order valence-corrected chi connectivity index (χ3v) is 4.52. The number of hydrogen-bond donors (Lipinski definition) is 1. The lowest BCUT2D eigenvalue weighted by Crippen LogP contribution is -2.22. The smallest absolute Gasteiger partial charge is 0.251 e. The lowest BCUT2D eigenvalue weighted by atomic mass is 10.1. The van der Waals surface area contributed by atoms with Crippen molar-refractivity contribution in [3.05, 3.63) is 70.0 Å². The second-order valence-electron chi connectivity index (χ2n) is 5.59. The molecule has 0 atom stereocenters. The number of ether oxygens (including phenoxy) is 1. The van der Waals surface area contributed by atoms with Crippen LogP contribution in [0.4, 0.5) is 0 Å². The number of nitrogens with zero attached hydrogens (tertiary/aromatic N) is 1. The van der Waals surface area contributed by atoms with Crippen LogP contribution < -0.4 is 10.1 Å². The van der Waals surface area contributed by atoms with Crippen molar-refractivity contribution < 1.29 is 9.53 Å². The fourth-order valence-electron chi connectivity index (χ4n) is 2.44. The number of amides is 1. The Bertz CT molecular complexity index is 839. The lowest BCUT2D eigenvalue weighted by molar-refractivity contribution is 0.0951. The summed E-state index contributed by atoms with van der Waals surface area (Å²) in [6, 6.07) is 15.3. The zero-order chi connectivity index (χ0) is 17.6. The molecule has 5 heteroatoms. The molecule has 0 saturated heterocycles. The van der Waals surface area contributed by atoms with Crippen molar-refractivity contribution in [2.75, 3.05) is 6.61 Å². The largest absolute Gasteiger partial charge is 0.494 e. The minimum Gasteiger partial charge on any atom is -0.494 e. The Labute approximate surface area is 151 Å². The Balaban J connectivity index is 1.58. The van der Waals surface area contributed by atoms with Crippen molar-refractivity contribution in [1.29, 1.82) is 0 Å². The molecule has 0 radical (unpaired) electrons. The monoisotopic (exact) mass is 352 g/mol. The fraction of sp³-hybridized carbons (Fsp3) is 0.200. The first-order valence-electron chi connectivity index (χ1n) is 8.18. The van der Waals surface area contributed by atoms with E-state index in [1.807, 2.05) is 50.2 Å². The highest BCUT2D eigenvalue weighted by Crippen LogP contribution is 2.21. The molecule has 0 bridgehead atoms. The molecule has 128 valence electrons. The van der Waals surface area contributed by atoms with Crippen LogP contribution in [0, 0.1) is 6.92 Å². The van der Waals surface area contributed by atoms with Crippen molar-refractivity contribution in [1.82, 2.24) is 10.3 Å².